The molecule has 0 unspecified atom stereocenters. The minimum atomic E-state index is -0.625. The van der Waals surface area contributed by atoms with Crippen LogP contribution in [0.3, 0.4) is 0 Å². The molecule has 26 heavy (non-hydrogen) atoms. The Bertz CT molecular complexity index is 815. The zero-order valence-corrected chi connectivity index (χ0v) is 16.6. The summed E-state index contributed by atoms with van der Waals surface area (Å²) in [6.07, 6.45) is 6.75. The quantitative estimate of drug-likeness (QED) is 0.832. The van der Waals surface area contributed by atoms with E-state index in [1.165, 1.54) is 11.3 Å². The number of carbonyl (C=O) groups is 1. The highest BCUT2D eigenvalue weighted by Gasteiger charge is 2.35. The molecule has 5 heteroatoms. The van der Waals surface area contributed by atoms with Gasteiger partial charge in [0.05, 0.1) is 21.4 Å². The average Bonchev–Trinajstić information content (AvgIpc) is 3.17. The van der Waals surface area contributed by atoms with Crippen LogP contribution in [0.1, 0.15) is 74.0 Å². The largest absolute Gasteiger partial charge is 0.390 e. The van der Waals surface area contributed by atoms with Crippen LogP contribution in [-0.2, 0) is 0 Å². The van der Waals surface area contributed by atoms with E-state index in [1.807, 2.05) is 19.9 Å². The van der Waals surface area contributed by atoms with Crippen molar-refractivity contribution in [3.63, 3.8) is 0 Å². The maximum atomic E-state index is 12.6. The van der Waals surface area contributed by atoms with Crippen molar-refractivity contribution < 1.29 is 9.90 Å². The van der Waals surface area contributed by atoms with Gasteiger partial charge >= 0.3 is 0 Å². The molecule has 0 aromatic carbocycles. The van der Waals surface area contributed by atoms with Crippen LogP contribution < -0.4 is 5.32 Å². The lowest BCUT2D eigenvalue weighted by Gasteiger charge is -2.36. The first-order chi connectivity index (χ1) is 12.3. The first-order valence-electron chi connectivity index (χ1n) is 9.74. The Balaban J connectivity index is 1.40. The maximum Gasteiger partial charge on any atom is 0.253 e. The molecule has 2 N–H and O–H groups in total. The van der Waals surface area contributed by atoms with E-state index < -0.39 is 5.60 Å². The third-order valence-electron chi connectivity index (χ3n) is 6.19. The lowest BCUT2D eigenvalue weighted by atomic mass is 9.77. The van der Waals surface area contributed by atoms with Crippen molar-refractivity contribution in [1.29, 1.82) is 0 Å². The average molecular weight is 373 g/mol. The number of hydrogen-bond acceptors (Lipinski definition) is 4. The summed E-state index contributed by atoms with van der Waals surface area (Å²) in [6.45, 7) is 6.05. The van der Waals surface area contributed by atoms with Gasteiger partial charge in [-0.05, 0) is 75.8 Å². The first-order valence-corrected chi connectivity index (χ1v) is 10.6. The van der Waals surface area contributed by atoms with E-state index in [1.54, 1.807) is 17.5 Å². The normalized spacial score (nSPS) is 28.9. The number of rotatable bonds is 4. The van der Waals surface area contributed by atoms with E-state index in [9.17, 15) is 9.90 Å². The Hall–Kier alpha value is -1.46. The van der Waals surface area contributed by atoms with E-state index in [4.69, 9.17) is 0 Å². The molecule has 4 rings (SSSR count). The number of nitrogens with zero attached hydrogens (tertiary/aromatic N) is 1. The van der Waals surface area contributed by atoms with E-state index in [-0.39, 0.29) is 11.9 Å². The molecular formula is C21H28N2O2S. The van der Waals surface area contributed by atoms with Gasteiger partial charge in [-0.3, -0.25) is 9.78 Å². The number of pyridine rings is 1. The molecule has 2 saturated carbocycles. The molecule has 0 saturated heterocycles. The summed E-state index contributed by atoms with van der Waals surface area (Å²) in [5, 5.41) is 13.3. The van der Waals surface area contributed by atoms with Crippen LogP contribution in [0.25, 0.3) is 10.2 Å². The minimum absolute atomic E-state index is 0.0270. The standard InChI is InChI=1S/C21H28N2O2S/c1-12-8-16(12)18-10-17-19(26-18)9-13(11-22-17)20(24)23-15-6-4-14(5-7-15)21(2,3)25/h9-12,14-16,25H,4-8H2,1-3H3,(H,23,24)/t12-,14-,15-,16+/m0/s1. The second-order valence-corrected chi connectivity index (χ2v) is 9.87. The smallest absolute Gasteiger partial charge is 0.253 e. The number of hydrogen-bond donors (Lipinski definition) is 2. The molecular weight excluding hydrogens is 344 g/mol. The van der Waals surface area contributed by atoms with Gasteiger partial charge in [0.25, 0.3) is 5.91 Å². The van der Waals surface area contributed by atoms with Crippen LogP contribution in [0.2, 0.25) is 0 Å². The SMILES string of the molecule is C[C@H]1C[C@H]1c1cc2ncc(C(=O)N[C@H]3CC[C@H](C(C)(C)O)CC3)cc2s1. The minimum Gasteiger partial charge on any atom is -0.390 e. The summed E-state index contributed by atoms with van der Waals surface area (Å²) in [5.74, 6) is 1.77. The van der Waals surface area contributed by atoms with Gasteiger partial charge in [0.15, 0.2) is 0 Å². The van der Waals surface area contributed by atoms with Crippen LogP contribution in [-0.4, -0.2) is 27.6 Å². The molecule has 4 nitrogen and oxygen atoms in total. The summed E-state index contributed by atoms with van der Waals surface area (Å²) in [6, 6.07) is 4.37. The maximum absolute atomic E-state index is 12.6. The topological polar surface area (TPSA) is 62.2 Å². The molecule has 2 aliphatic carbocycles. The van der Waals surface area contributed by atoms with E-state index >= 15 is 0 Å². The number of aliphatic hydroxyl groups is 1. The predicted octanol–water partition coefficient (Wildman–Crippen LogP) is 4.48. The molecule has 2 atom stereocenters. The van der Waals surface area contributed by atoms with Crippen LogP contribution in [0, 0.1) is 11.8 Å². The number of nitrogens with one attached hydrogen (secondary N) is 1. The summed E-state index contributed by atoms with van der Waals surface area (Å²) < 4.78 is 1.11. The van der Waals surface area contributed by atoms with Gasteiger partial charge in [0.1, 0.15) is 0 Å². The zero-order valence-electron chi connectivity index (χ0n) is 15.8. The highest BCUT2D eigenvalue weighted by atomic mass is 32.1. The molecule has 0 spiro atoms. The summed E-state index contributed by atoms with van der Waals surface area (Å²) in [7, 11) is 0. The van der Waals surface area contributed by atoms with E-state index in [0.717, 1.165) is 41.8 Å². The molecule has 1 amide bonds. The Morgan fingerprint density at radius 3 is 2.58 bits per heavy atom. The second-order valence-electron chi connectivity index (χ2n) is 8.75. The summed E-state index contributed by atoms with van der Waals surface area (Å²) >= 11 is 1.78. The van der Waals surface area contributed by atoms with Gasteiger partial charge in [-0.25, -0.2) is 0 Å². The monoisotopic (exact) mass is 372 g/mol. The Kier molecular flexibility index (Phi) is 4.56. The van der Waals surface area contributed by atoms with Crippen molar-refractivity contribution in [3.8, 4) is 0 Å². The first kappa shape index (κ1) is 17.9. The van der Waals surface area contributed by atoms with E-state index in [2.05, 4.69) is 23.3 Å². The molecule has 140 valence electrons. The van der Waals surface area contributed by atoms with Gasteiger partial charge < -0.3 is 10.4 Å². The molecule has 0 radical (unpaired) electrons. The van der Waals surface area contributed by atoms with Crippen LogP contribution in [0.4, 0.5) is 0 Å². The van der Waals surface area contributed by atoms with Gasteiger partial charge in [-0.2, -0.15) is 0 Å². The third-order valence-corrected chi connectivity index (χ3v) is 7.39. The molecule has 0 aliphatic heterocycles. The van der Waals surface area contributed by atoms with Crippen LogP contribution in [0.15, 0.2) is 18.3 Å². The molecule has 2 heterocycles. The number of aromatic nitrogens is 1. The Morgan fingerprint density at radius 2 is 1.96 bits per heavy atom. The van der Waals surface area contributed by atoms with Crippen molar-refractivity contribution in [1.82, 2.24) is 10.3 Å². The van der Waals surface area contributed by atoms with E-state index in [0.29, 0.717) is 17.4 Å². The molecule has 2 aromatic heterocycles. The molecule has 0 bridgehead atoms. The highest BCUT2D eigenvalue weighted by molar-refractivity contribution is 7.19. The van der Waals surface area contributed by atoms with Gasteiger partial charge in [-0.15, -0.1) is 11.3 Å². The number of carbonyl (C=O) groups excluding carboxylic acids is 1. The van der Waals surface area contributed by atoms with Gasteiger partial charge in [0.2, 0.25) is 0 Å². The van der Waals surface area contributed by atoms with Crippen molar-refractivity contribution in [2.45, 2.75) is 70.4 Å². The van der Waals surface area contributed by atoms with Crippen LogP contribution in [0.5, 0.6) is 0 Å². The summed E-state index contributed by atoms with van der Waals surface area (Å²) in [4.78, 5) is 18.6. The van der Waals surface area contributed by atoms with Crippen LogP contribution >= 0.6 is 11.3 Å². The Labute approximate surface area is 159 Å². The van der Waals surface area contributed by atoms with Crippen molar-refractivity contribution >= 4 is 27.5 Å². The molecule has 2 aliphatic rings. The lowest BCUT2D eigenvalue weighted by molar-refractivity contribution is -0.00257. The zero-order chi connectivity index (χ0) is 18.5. The van der Waals surface area contributed by atoms with Crippen molar-refractivity contribution in [3.05, 3.63) is 28.8 Å². The predicted molar refractivity (Wildman–Crippen MR) is 106 cm³/mol. The second kappa shape index (κ2) is 6.61. The van der Waals surface area contributed by atoms with Gasteiger partial charge in [-0.1, -0.05) is 6.92 Å². The Morgan fingerprint density at radius 1 is 1.27 bits per heavy atom. The fourth-order valence-electron chi connectivity index (χ4n) is 4.17. The third kappa shape index (κ3) is 3.65. The fraction of sp³-hybridized carbons (Fsp3) is 0.619. The molecule has 2 aromatic rings. The van der Waals surface area contributed by atoms with Crippen molar-refractivity contribution in [2.24, 2.45) is 11.8 Å². The molecule has 2 fully saturated rings. The number of fused-ring (bicyclic) bond motifs is 1. The van der Waals surface area contributed by atoms with Gasteiger partial charge in [0, 0.05) is 17.1 Å². The summed E-state index contributed by atoms with van der Waals surface area (Å²) in [5.41, 5.74) is 1.03. The fourth-order valence-corrected chi connectivity index (χ4v) is 5.48. The lowest BCUT2D eigenvalue weighted by Crippen LogP contribution is -2.41. The number of amides is 1. The number of thiophene rings is 1. The van der Waals surface area contributed by atoms with Crippen molar-refractivity contribution in [2.75, 3.05) is 0 Å². The highest BCUT2D eigenvalue weighted by Crippen LogP contribution is 2.50.